The van der Waals surface area contributed by atoms with Crippen molar-refractivity contribution in [1.29, 1.82) is 0 Å². The number of benzene rings is 2. The number of rotatable bonds is 9. The van der Waals surface area contributed by atoms with Gasteiger partial charge < -0.3 is 19.9 Å². The van der Waals surface area contributed by atoms with E-state index in [2.05, 4.69) is 4.99 Å². The molecule has 0 aromatic heterocycles. The molecular weight excluding hydrogens is 418 g/mol. The zero-order valence-electron chi connectivity index (χ0n) is 17.7. The van der Waals surface area contributed by atoms with Gasteiger partial charge in [0.15, 0.2) is 16.7 Å². The van der Waals surface area contributed by atoms with Crippen LogP contribution in [-0.4, -0.2) is 55.0 Å². The van der Waals surface area contributed by atoms with Crippen LogP contribution in [0.25, 0.3) is 0 Å². The van der Waals surface area contributed by atoms with Gasteiger partial charge in [-0.15, -0.1) is 0 Å². The van der Waals surface area contributed by atoms with Crippen LogP contribution < -0.4 is 19.9 Å². The molecule has 0 saturated carbocycles. The van der Waals surface area contributed by atoms with Crippen LogP contribution in [0.15, 0.2) is 47.5 Å². The van der Waals surface area contributed by atoms with Gasteiger partial charge in [-0.1, -0.05) is 17.8 Å². The Labute approximate surface area is 185 Å². The van der Waals surface area contributed by atoms with Gasteiger partial charge in [0, 0.05) is 13.0 Å². The Morgan fingerprint density at radius 1 is 1.06 bits per heavy atom. The number of carbonyl (C=O) groups excluding carboxylic acids is 2. The van der Waals surface area contributed by atoms with Crippen LogP contribution in [0, 0.1) is 0 Å². The van der Waals surface area contributed by atoms with Crippen LogP contribution in [0.2, 0.25) is 0 Å². The zero-order valence-corrected chi connectivity index (χ0v) is 18.5. The number of hydrogen-bond donors (Lipinski definition) is 1. The molecule has 9 heteroatoms. The molecule has 1 aliphatic rings. The van der Waals surface area contributed by atoms with Gasteiger partial charge >= 0.3 is 0 Å². The smallest absolute Gasteiger partial charge is 0.242 e. The Morgan fingerprint density at radius 3 is 2.39 bits per heavy atom. The van der Waals surface area contributed by atoms with Gasteiger partial charge in [0.25, 0.3) is 0 Å². The highest BCUT2D eigenvalue weighted by atomic mass is 32.2. The van der Waals surface area contributed by atoms with E-state index in [1.807, 2.05) is 30.3 Å². The summed E-state index contributed by atoms with van der Waals surface area (Å²) in [4.78, 5) is 30.6. The number of primary amides is 1. The molecule has 164 valence electrons. The summed E-state index contributed by atoms with van der Waals surface area (Å²) in [6.07, 6.45) is 0.551. The minimum atomic E-state index is -0.570. The standard InChI is InChI=1S/C22H25N3O5S/c1-28-16-7-5-15(6-8-16)24-22-25(21(27)19(31-22)13-20(23)26)11-10-14-4-9-17(29-2)18(12-14)30-3/h4-9,12,19H,10-11,13H2,1-3H3,(H2,23,26)/t19-/m1/s1. The SMILES string of the molecule is COc1ccc(N=C2S[C@H](CC(N)=O)C(=O)N2CCc2ccc(OC)c(OC)c2)cc1. The van der Waals surface area contributed by atoms with Crippen LogP contribution in [-0.2, 0) is 16.0 Å². The molecule has 0 bridgehead atoms. The number of hydrogen-bond acceptors (Lipinski definition) is 7. The third-order valence-corrected chi connectivity index (χ3v) is 5.95. The van der Waals surface area contributed by atoms with Crippen LogP contribution in [0.5, 0.6) is 17.2 Å². The molecule has 0 unspecified atom stereocenters. The lowest BCUT2D eigenvalue weighted by Gasteiger charge is -2.17. The second-order valence-corrected chi connectivity index (χ2v) is 7.97. The maximum atomic E-state index is 12.9. The maximum absolute atomic E-state index is 12.9. The van der Waals surface area contributed by atoms with Gasteiger partial charge in [-0.05, 0) is 48.4 Å². The molecule has 0 radical (unpaired) electrons. The molecular formula is C22H25N3O5S. The van der Waals surface area contributed by atoms with Crippen molar-refractivity contribution in [3.05, 3.63) is 48.0 Å². The number of methoxy groups -OCH3 is 3. The van der Waals surface area contributed by atoms with E-state index in [0.29, 0.717) is 35.3 Å². The van der Waals surface area contributed by atoms with Gasteiger partial charge in [0.2, 0.25) is 11.8 Å². The number of nitrogens with zero attached hydrogens (tertiary/aromatic N) is 2. The first-order valence-electron chi connectivity index (χ1n) is 9.65. The zero-order chi connectivity index (χ0) is 22.4. The predicted molar refractivity (Wildman–Crippen MR) is 120 cm³/mol. The van der Waals surface area contributed by atoms with Gasteiger partial charge in [-0.25, -0.2) is 4.99 Å². The molecule has 2 aromatic rings. The summed E-state index contributed by atoms with van der Waals surface area (Å²) in [5, 5.41) is -0.0261. The van der Waals surface area contributed by atoms with Crippen LogP contribution in [0.4, 0.5) is 5.69 Å². The van der Waals surface area contributed by atoms with Crippen molar-refractivity contribution in [2.24, 2.45) is 10.7 Å². The lowest BCUT2D eigenvalue weighted by atomic mass is 10.1. The highest BCUT2D eigenvalue weighted by Gasteiger charge is 2.38. The van der Waals surface area contributed by atoms with E-state index in [4.69, 9.17) is 19.9 Å². The van der Waals surface area contributed by atoms with E-state index in [1.165, 1.54) is 11.8 Å². The van der Waals surface area contributed by atoms with Gasteiger partial charge in [0.05, 0.1) is 27.0 Å². The fourth-order valence-electron chi connectivity index (χ4n) is 3.16. The van der Waals surface area contributed by atoms with Crippen molar-refractivity contribution in [3.8, 4) is 17.2 Å². The van der Waals surface area contributed by atoms with Gasteiger partial charge in [-0.2, -0.15) is 0 Å². The highest BCUT2D eigenvalue weighted by molar-refractivity contribution is 8.15. The van der Waals surface area contributed by atoms with Crippen molar-refractivity contribution in [3.63, 3.8) is 0 Å². The van der Waals surface area contributed by atoms with Crippen molar-refractivity contribution in [1.82, 2.24) is 4.90 Å². The number of amides is 2. The first-order valence-corrected chi connectivity index (χ1v) is 10.5. The average molecular weight is 444 g/mol. The minimum Gasteiger partial charge on any atom is -0.497 e. The number of thioether (sulfide) groups is 1. The Morgan fingerprint density at radius 2 is 1.77 bits per heavy atom. The summed E-state index contributed by atoms with van der Waals surface area (Å²) in [6.45, 7) is 0.408. The Bertz CT molecular complexity index is 978. The molecule has 31 heavy (non-hydrogen) atoms. The summed E-state index contributed by atoms with van der Waals surface area (Å²) in [5.41, 5.74) is 7.00. The lowest BCUT2D eigenvalue weighted by molar-refractivity contribution is -0.128. The summed E-state index contributed by atoms with van der Waals surface area (Å²) in [6, 6.07) is 12.9. The number of aliphatic imine (C=N–C) groups is 1. The van der Waals surface area contributed by atoms with Crippen molar-refractivity contribution < 1.29 is 23.8 Å². The largest absolute Gasteiger partial charge is 0.497 e. The Hall–Kier alpha value is -3.20. The molecule has 1 fully saturated rings. The second kappa shape index (κ2) is 10.2. The second-order valence-electron chi connectivity index (χ2n) is 6.80. The van der Waals surface area contributed by atoms with Gasteiger partial charge in [-0.3, -0.25) is 14.5 Å². The first kappa shape index (κ1) is 22.5. The normalized spacial score (nSPS) is 17.1. The molecule has 1 heterocycles. The van der Waals surface area contributed by atoms with E-state index in [0.717, 1.165) is 11.3 Å². The number of carbonyl (C=O) groups is 2. The maximum Gasteiger partial charge on any atom is 0.242 e. The molecule has 2 amide bonds. The monoisotopic (exact) mass is 443 g/mol. The molecule has 1 aliphatic heterocycles. The van der Waals surface area contributed by atoms with Crippen LogP contribution in [0.1, 0.15) is 12.0 Å². The highest BCUT2D eigenvalue weighted by Crippen LogP contribution is 2.33. The van der Waals surface area contributed by atoms with Crippen LogP contribution in [0.3, 0.4) is 0 Å². The van der Waals surface area contributed by atoms with E-state index in [1.54, 1.807) is 38.4 Å². The molecule has 2 aromatic carbocycles. The lowest BCUT2D eigenvalue weighted by Crippen LogP contribution is -2.35. The quantitative estimate of drug-likeness (QED) is 0.639. The molecule has 8 nitrogen and oxygen atoms in total. The summed E-state index contributed by atoms with van der Waals surface area (Å²) in [5.74, 6) is 1.30. The van der Waals surface area contributed by atoms with Crippen LogP contribution >= 0.6 is 11.8 Å². The third kappa shape index (κ3) is 5.49. The van der Waals surface area contributed by atoms with E-state index >= 15 is 0 Å². The molecule has 0 aliphatic carbocycles. The Kier molecular flexibility index (Phi) is 7.41. The van der Waals surface area contributed by atoms with E-state index in [9.17, 15) is 9.59 Å². The molecule has 1 atom stereocenters. The average Bonchev–Trinajstić information content (AvgIpc) is 3.05. The topological polar surface area (TPSA) is 103 Å². The summed E-state index contributed by atoms with van der Waals surface area (Å²) in [7, 11) is 4.76. The fraction of sp³-hybridized carbons (Fsp3) is 0.318. The molecule has 0 spiro atoms. The molecule has 1 saturated heterocycles. The minimum absolute atomic E-state index is 0.0298. The van der Waals surface area contributed by atoms with E-state index in [-0.39, 0.29) is 12.3 Å². The summed E-state index contributed by atoms with van der Waals surface area (Å²) < 4.78 is 15.8. The number of nitrogens with two attached hydrogens (primary N) is 1. The Balaban J connectivity index is 1.82. The number of amidine groups is 1. The van der Waals surface area contributed by atoms with Crippen molar-refractivity contribution in [2.45, 2.75) is 18.1 Å². The van der Waals surface area contributed by atoms with Gasteiger partial charge in [0.1, 0.15) is 11.0 Å². The van der Waals surface area contributed by atoms with Crippen molar-refractivity contribution in [2.75, 3.05) is 27.9 Å². The fourth-order valence-corrected chi connectivity index (χ4v) is 4.35. The summed E-state index contributed by atoms with van der Waals surface area (Å²) >= 11 is 1.26. The number of ether oxygens (including phenoxy) is 3. The molecule has 3 rings (SSSR count). The van der Waals surface area contributed by atoms with Crippen molar-refractivity contribution >= 4 is 34.4 Å². The first-order chi connectivity index (χ1) is 14.9. The predicted octanol–water partition coefficient (Wildman–Crippen LogP) is 2.76. The van der Waals surface area contributed by atoms with E-state index < -0.39 is 11.2 Å². The third-order valence-electron chi connectivity index (χ3n) is 4.78. The molecule has 2 N–H and O–H groups in total.